The highest BCUT2D eigenvalue weighted by molar-refractivity contribution is 8.93. The molecule has 0 saturated carbocycles. The van der Waals surface area contributed by atoms with Crippen molar-refractivity contribution in [2.75, 3.05) is 6.54 Å². The van der Waals surface area contributed by atoms with Crippen molar-refractivity contribution in [3.05, 3.63) is 33.8 Å². The Kier molecular flexibility index (Phi) is 7.42. The first-order valence-electron chi connectivity index (χ1n) is 6.04. The summed E-state index contributed by atoms with van der Waals surface area (Å²) in [5.41, 5.74) is 3.69. The molecule has 0 aromatic heterocycles. The number of amidine groups is 1. The Labute approximate surface area is 133 Å². The molecule has 1 heterocycles. The summed E-state index contributed by atoms with van der Waals surface area (Å²) >= 11 is 12.1. The molecule has 0 amide bonds. The van der Waals surface area contributed by atoms with Gasteiger partial charge >= 0.3 is 0 Å². The SMILES string of the molecule is Br.Clc1cccc(Cl)c1/C=N/NC1=NCCCCC1. The predicted octanol–water partition coefficient (Wildman–Crippen LogP) is 4.47. The molecule has 1 N–H and O–H groups in total. The predicted molar refractivity (Wildman–Crippen MR) is 88.3 cm³/mol. The van der Waals surface area contributed by atoms with E-state index in [0.29, 0.717) is 10.0 Å². The van der Waals surface area contributed by atoms with Crippen molar-refractivity contribution >= 4 is 52.2 Å². The standard InChI is InChI=1S/C13H15Cl2N3.BrH/c14-11-5-4-6-12(15)10(11)9-17-18-13-7-2-1-3-8-16-13;/h4-6,9H,1-3,7-8H2,(H,16,18);1H/b17-9+;. The lowest BCUT2D eigenvalue weighted by Gasteiger charge is -2.03. The van der Waals surface area contributed by atoms with Crippen LogP contribution in [0, 0.1) is 0 Å². The Morgan fingerprint density at radius 2 is 1.89 bits per heavy atom. The van der Waals surface area contributed by atoms with E-state index in [4.69, 9.17) is 23.2 Å². The second-order valence-corrected chi connectivity index (χ2v) is 4.96. The van der Waals surface area contributed by atoms with Gasteiger partial charge in [-0.05, 0) is 25.0 Å². The van der Waals surface area contributed by atoms with Gasteiger partial charge in [0.05, 0.1) is 16.3 Å². The number of nitrogens with zero attached hydrogens (tertiary/aromatic N) is 2. The molecule has 1 aromatic rings. The summed E-state index contributed by atoms with van der Waals surface area (Å²) in [5, 5.41) is 5.34. The maximum Gasteiger partial charge on any atom is 0.117 e. The lowest BCUT2D eigenvalue weighted by atomic mass is 10.2. The number of aliphatic imine (C=N–C) groups is 1. The molecular weight excluding hydrogens is 349 g/mol. The number of hydrogen-bond donors (Lipinski definition) is 1. The highest BCUT2D eigenvalue weighted by Gasteiger charge is 2.04. The molecule has 1 aliphatic rings. The molecule has 6 heteroatoms. The summed E-state index contributed by atoms with van der Waals surface area (Å²) in [6, 6.07) is 5.39. The highest BCUT2D eigenvalue weighted by atomic mass is 79.9. The van der Waals surface area contributed by atoms with Crippen molar-refractivity contribution < 1.29 is 0 Å². The Bertz CT molecular complexity index is 455. The van der Waals surface area contributed by atoms with Crippen LogP contribution in [0.1, 0.15) is 31.2 Å². The van der Waals surface area contributed by atoms with Crippen molar-refractivity contribution in [1.29, 1.82) is 0 Å². The fourth-order valence-electron chi connectivity index (χ4n) is 1.77. The summed E-state index contributed by atoms with van der Waals surface area (Å²) in [6.07, 6.45) is 6.14. The molecule has 0 saturated heterocycles. The summed E-state index contributed by atoms with van der Waals surface area (Å²) in [6.45, 7) is 0.880. The number of hydrogen-bond acceptors (Lipinski definition) is 3. The normalized spacial score (nSPS) is 15.6. The minimum absolute atomic E-state index is 0. The third-order valence-corrected chi connectivity index (χ3v) is 3.42. The van der Waals surface area contributed by atoms with E-state index in [0.717, 1.165) is 37.2 Å². The van der Waals surface area contributed by atoms with Gasteiger partial charge in [0.15, 0.2) is 0 Å². The monoisotopic (exact) mass is 363 g/mol. The first-order valence-corrected chi connectivity index (χ1v) is 6.79. The van der Waals surface area contributed by atoms with Crippen LogP contribution in [-0.2, 0) is 0 Å². The van der Waals surface area contributed by atoms with E-state index in [1.165, 1.54) is 6.42 Å². The Hall–Kier alpha value is -0.580. The molecule has 0 aliphatic carbocycles. The fourth-order valence-corrected chi connectivity index (χ4v) is 2.27. The van der Waals surface area contributed by atoms with Gasteiger partial charge in [0, 0.05) is 18.5 Å². The molecule has 0 radical (unpaired) electrons. The van der Waals surface area contributed by atoms with Crippen molar-refractivity contribution in [3.8, 4) is 0 Å². The summed E-state index contributed by atoms with van der Waals surface area (Å²) in [7, 11) is 0. The first kappa shape index (κ1) is 16.5. The fraction of sp³-hybridized carbons (Fsp3) is 0.385. The van der Waals surface area contributed by atoms with Gasteiger partial charge < -0.3 is 0 Å². The second-order valence-electron chi connectivity index (χ2n) is 4.14. The van der Waals surface area contributed by atoms with Gasteiger partial charge in [0.2, 0.25) is 0 Å². The first-order chi connectivity index (χ1) is 8.77. The van der Waals surface area contributed by atoms with Gasteiger partial charge in [-0.3, -0.25) is 10.4 Å². The molecule has 0 bridgehead atoms. The zero-order valence-corrected chi connectivity index (χ0v) is 13.6. The van der Waals surface area contributed by atoms with Crippen molar-refractivity contribution in [2.24, 2.45) is 10.1 Å². The molecule has 19 heavy (non-hydrogen) atoms. The smallest absolute Gasteiger partial charge is 0.117 e. The van der Waals surface area contributed by atoms with E-state index in [1.807, 2.05) is 6.07 Å². The van der Waals surface area contributed by atoms with Crippen molar-refractivity contribution in [1.82, 2.24) is 5.43 Å². The maximum atomic E-state index is 6.04. The molecule has 104 valence electrons. The molecule has 0 fully saturated rings. The molecule has 0 atom stereocenters. The minimum Gasteiger partial charge on any atom is -0.271 e. The topological polar surface area (TPSA) is 36.8 Å². The molecule has 0 unspecified atom stereocenters. The molecule has 1 aromatic carbocycles. The Morgan fingerprint density at radius 3 is 2.63 bits per heavy atom. The average molecular weight is 365 g/mol. The van der Waals surface area contributed by atoms with Gasteiger partial charge in [-0.2, -0.15) is 5.10 Å². The Morgan fingerprint density at radius 1 is 1.16 bits per heavy atom. The maximum absolute atomic E-state index is 6.04. The number of hydrazone groups is 1. The second kappa shape index (κ2) is 8.56. The Balaban J connectivity index is 0.00000180. The number of halogens is 3. The van der Waals surface area contributed by atoms with Gasteiger partial charge in [0.1, 0.15) is 5.84 Å². The van der Waals surface area contributed by atoms with Crippen LogP contribution in [-0.4, -0.2) is 18.6 Å². The van der Waals surface area contributed by atoms with E-state index in [9.17, 15) is 0 Å². The van der Waals surface area contributed by atoms with E-state index >= 15 is 0 Å². The van der Waals surface area contributed by atoms with Crippen LogP contribution in [0.25, 0.3) is 0 Å². The minimum atomic E-state index is 0. The zero-order chi connectivity index (χ0) is 12.8. The van der Waals surface area contributed by atoms with Gasteiger partial charge in [-0.1, -0.05) is 35.7 Å². The van der Waals surface area contributed by atoms with Crippen LogP contribution in [0.5, 0.6) is 0 Å². The van der Waals surface area contributed by atoms with Gasteiger partial charge in [-0.15, -0.1) is 17.0 Å². The van der Waals surface area contributed by atoms with E-state index in [-0.39, 0.29) is 17.0 Å². The highest BCUT2D eigenvalue weighted by Crippen LogP contribution is 2.22. The molecule has 3 nitrogen and oxygen atoms in total. The molecular formula is C13H16BrCl2N3. The molecule has 2 rings (SSSR count). The number of nitrogens with one attached hydrogen (secondary N) is 1. The summed E-state index contributed by atoms with van der Waals surface area (Å²) < 4.78 is 0. The largest absolute Gasteiger partial charge is 0.271 e. The summed E-state index contributed by atoms with van der Waals surface area (Å²) in [5.74, 6) is 0.937. The molecule has 1 aliphatic heterocycles. The average Bonchev–Trinajstić information content (AvgIpc) is 2.61. The lowest BCUT2D eigenvalue weighted by Crippen LogP contribution is -2.17. The zero-order valence-electron chi connectivity index (χ0n) is 10.4. The van der Waals surface area contributed by atoms with Crippen LogP contribution in [0.2, 0.25) is 10.0 Å². The van der Waals surface area contributed by atoms with Crippen molar-refractivity contribution in [3.63, 3.8) is 0 Å². The number of rotatable bonds is 2. The van der Waals surface area contributed by atoms with E-state index < -0.39 is 0 Å². The summed E-state index contributed by atoms with van der Waals surface area (Å²) in [4.78, 5) is 4.43. The quantitative estimate of drug-likeness (QED) is 0.610. The van der Waals surface area contributed by atoms with Crippen LogP contribution in [0.4, 0.5) is 0 Å². The van der Waals surface area contributed by atoms with Crippen molar-refractivity contribution in [2.45, 2.75) is 25.7 Å². The third kappa shape index (κ3) is 5.13. The van der Waals surface area contributed by atoms with Crippen LogP contribution in [0.15, 0.2) is 28.3 Å². The van der Waals surface area contributed by atoms with Crippen LogP contribution >= 0.6 is 40.2 Å². The van der Waals surface area contributed by atoms with E-state index in [2.05, 4.69) is 15.5 Å². The third-order valence-electron chi connectivity index (χ3n) is 2.76. The molecule has 0 spiro atoms. The van der Waals surface area contributed by atoms with E-state index in [1.54, 1.807) is 18.3 Å². The van der Waals surface area contributed by atoms with Gasteiger partial charge in [-0.25, -0.2) is 0 Å². The number of benzene rings is 1. The lowest BCUT2D eigenvalue weighted by molar-refractivity contribution is 0.729. The van der Waals surface area contributed by atoms with Crippen LogP contribution < -0.4 is 5.43 Å². The van der Waals surface area contributed by atoms with Gasteiger partial charge in [0.25, 0.3) is 0 Å². The van der Waals surface area contributed by atoms with Crippen LogP contribution in [0.3, 0.4) is 0 Å².